The lowest BCUT2D eigenvalue weighted by molar-refractivity contribution is -0.384. The summed E-state index contributed by atoms with van der Waals surface area (Å²) in [7, 11) is -3.89. The molecule has 0 spiro atoms. The second-order valence-corrected chi connectivity index (χ2v) is 11.1. The van der Waals surface area contributed by atoms with E-state index in [1.165, 1.54) is 12.1 Å². The zero-order valence-corrected chi connectivity index (χ0v) is 20.4. The van der Waals surface area contributed by atoms with Crippen molar-refractivity contribution in [3.63, 3.8) is 0 Å². The van der Waals surface area contributed by atoms with E-state index in [0.29, 0.717) is 25.9 Å². The molecule has 0 bridgehead atoms. The molecule has 10 nitrogen and oxygen atoms in total. The quantitative estimate of drug-likeness (QED) is 0.383. The van der Waals surface area contributed by atoms with Crippen LogP contribution in [0.2, 0.25) is 0 Å². The normalized spacial score (nSPS) is 15.6. The SMILES string of the molecule is CC(C)(C)NS(=O)(=O)c1ccc(NC2CCN(CC(=O)Nc3ccccc3)CC2)c([N+](=O)[O-])c1. The van der Waals surface area contributed by atoms with Crippen molar-refractivity contribution in [2.24, 2.45) is 0 Å². The lowest BCUT2D eigenvalue weighted by atomic mass is 10.0. The molecule has 1 fully saturated rings. The van der Waals surface area contributed by atoms with Crippen LogP contribution in [0.4, 0.5) is 17.1 Å². The molecule has 1 amide bonds. The molecule has 1 aliphatic heterocycles. The Morgan fingerprint density at radius 2 is 1.76 bits per heavy atom. The second kappa shape index (κ2) is 10.5. The zero-order valence-electron chi connectivity index (χ0n) is 19.6. The smallest absolute Gasteiger partial charge is 0.293 e. The van der Waals surface area contributed by atoms with Crippen LogP contribution in [0.25, 0.3) is 0 Å². The van der Waals surface area contributed by atoms with Crippen LogP contribution in [-0.2, 0) is 14.8 Å². The first-order valence-electron chi connectivity index (χ1n) is 11.1. The molecule has 0 unspecified atom stereocenters. The van der Waals surface area contributed by atoms with Crippen LogP contribution in [0.15, 0.2) is 53.4 Å². The van der Waals surface area contributed by atoms with Gasteiger partial charge >= 0.3 is 0 Å². The Labute approximate surface area is 199 Å². The van der Waals surface area contributed by atoms with Gasteiger partial charge in [-0.25, -0.2) is 13.1 Å². The molecule has 3 rings (SSSR count). The number of nitro groups is 1. The van der Waals surface area contributed by atoms with Gasteiger partial charge in [0.05, 0.1) is 16.4 Å². The topological polar surface area (TPSA) is 134 Å². The largest absolute Gasteiger partial charge is 0.377 e. The Hall–Kier alpha value is -3.02. The minimum absolute atomic E-state index is 0.0257. The van der Waals surface area contributed by atoms with E-state index < -0.39 is 20.5 Å². The molecule has 0 aromatic heterocycles. The van der Waals surface area contributed by atoms with E-state index in [-0.39, 0.29) is 34.8 Å². The van der Waals surface area contributed by atoms with Gasteiger partial charge in [-0.15, -0.1) is 0 Å². The summed E-state index contributed by atoms with van der Waals surface area (Å²) in [4.78, 5) is 25.2. The minimum Gasteiger partial charge on any atom is -0.377 e. The van der Waals surface area contributed by atoms with Crippen molar-refractivity contribution >= 4 is 33.0 Å². The van der Waals surface area contributed by atoms with Crippen LogP contribution >= 0.6 is 0 Å². The van der Waals surface area contributed by atoms with Gasteiger partial charge in [-0.3, -0.25) is 19.8 Å². The van der Waals surface area contributed by atoms with Crippen molar-refractivity contribution in [1.29, 1.82) is 0 Å². The summed E-state index contributed by atoms with van der Waals surface area (Å²) in [5.74, 6) is -0.0890. The van der Waals surface area contributed by atoms with E-state index in [1.54, 1.807) is 20.8 Å². The Balaban J connectivity index is 1.60. The lowest BCUT2D eigenvalue weighted by Crippen LogP contribution is -2.42. The standard InChI is InChI=1S/C23H31N5O5S/c1-23(2,3)26-34(32,33)19-9-10-20(21(15-19)28(30)31)24-18-11-13-27(14-12-18)16-22(29)25-17-7-5-4-6-8-17/h4-10,15,18,24,26H,11-14,16H2,1-3H3,(H,25,29). The number of carbonyl (C=O) groups is 1. The number of hydrogen-bond donors (Lipinski definition) is 3. The fourth-order valence-electron chi connectivity index (χ4n) is 3.79. The van der Waals surface area contributed by atoms with Crippen LogP contribution in [0.1, 0.15) is 33.6 Å². The first-order chi connectivity index (χ1) is 15.9. The van der Waals surface area contributed by atoms with Gasteiger partial charge in [-0.05, 0) is 57.9 Å². The van der Waals surface area contributed by atoms with Gasteiger partial charge in [0.25, 0.3) is 5.69 Å². The molecule has 0 radical (unpaired) electrons. The predicted molar refractivity (Wildman–Crippen MR) is 131 cm³/mol. The Morgan fingerprint density at radius 3 is 2.35 bits per heavy atom. The molecule has 0 atom stereocenters. The number of nitrogens with zero attached hydrogens (tertiary/aromatic N) is 2. The highest BCUT2D eigenvalue weighted by molar-refractivity contribution is 7.89. The monoisotopic (exact) mass is 489 g/mol. The third-order valence-corrected chi connectivity index (χ3v) is 7.04. The molecule has 0 aliphatic carbocycles. The molecular weight excluding hydrogens is 458 g/mol. The molecule has 1 heterocycles. The summed E-state index contributed by atoms with van der Waals surface area (Å²) < 4.78 is 27.6. The number of carbonyl (C=O) groups excluding carboxylic acids is 1. The molecule has 3 N–H and O–H groups in total. The summed E-state index contributed by atoms with van der Waals surface area (Å²) >= 11 is 0. The highest BCUT2D eigenvalue weighted by Crippen LogP contribution is 2.30. The summed E-state index contributed by atoms with van der Waals surface area (Å²) in [6.45, 7) is 6.70. The number of amides is 1. The summed E-state index contributed by atoms with van der Waals surface area (Å²) in [6.07, 6.45) is 1.39. The molecule has 2 aromatic rings. The van der Waals surface area contributed by atoms with Crippen molar-refractivity contribution in [3.8, 4) is 0 Å². The maximum atomic E-state index is 12.6. The fourth-order valence-corrected chi connectivity index (χ4v) is 5.23. The minimum atomic E-state index is -3.89. The van der Waals surface area contributed by atoms with Gasteiger partial charge in [0.1, 0.15) is 5.69 Å². The molecule has 11 heteroatoms. The van der Waals surface area contributed by atoms with Crippen LogP contribution in [0, 0.1) is 10.1 Å². The predicted octanol–water partition coefficient (Wildman–Crippen LogP) is 3.19. The number of anilines is 2. The molecule has 34 heavy (non-hydrogen) atoms. The van der Waals surface area contributed by atoms with Gasteiger partial charge in [0.2, 0.25) is 15.9 Å². The average Bonchev–Trinajstić information content (AvgIpc) is 2.74. The molecule has 0 saturated carbocycles. The molecule has 1 saturated heterocycles. The van der Waals surface area contributed by atoms with Crippen LogP contribution in [0.3, 0.4) is 0 Å². The summed E-state index contributed by atoms with van der Waals surface area (Å²) in [5.41, 5.74) is 0.0252. The van der Waals surface area contributed by atoms with Crippen LogP contribution in [-0.4, -0.2) is 55.4 Å². The van der Waals surface area contributed by atoms with Gasteiger partial charge < -0.3 is 10.6 Å². The van der Waals surface area contributed by atoms with Gasteiger partial charge in [0.15, 0.2) is 0 Å². The average molecular weight is 490 g/mol. The number of benzene rings is 2. The molecular formula is C23H31N5O5S. The number of hydrogen-bond acceptors (Lipinski definition) is 7. The number of para-hydroxylation sites is 1. The first-order valence-corrected chi connectivity index (χ1v) is 12.6. The van der Waals surface area contributed by atoms with Gasteiger partial charge in [-0.2, -0.15) is 0 Å². The number of nitrogens with one attached hydrogen (secondary N) is 3. The Kier molecular flexibility index (Phi) is 7.90. The van der Waals surface area contributed by atoms with E-state index in [1.807, 2.05) is 35.2 Å². The lowest BCUT2D eigenvalue weighted by Gasteiger charge is -2.32. The third kappa shape index (κ3) is 7.24. The number of likely N-dealkylation sites (tertiary alicyclic amines) is 1. The third-order valence-electron chi connectivity index (χ3n) is 5.29. The molecule has 2 aromatic carbocycles. The van der Waals surface area contributed by atoms with E-state index in [0.717, 1.165) is 11.8 Å². The van der Waals surface area contributed by atoms with E-state index in [9.17, 15) is 23.3 Å². The number of sulfonamides is 1. The Morgan fingerprint density at radius 1 is 1.12 bits per heavy atom. The van der Waals surface area contributed by atoms with Crippen molar-refractivity contribution in [2.45, 2.75) is 50.1 Å². The number of rotatable bonds is 8. The van der Waals surface area contributed by atoms with Crippen LogP contribution in [0.5, 0.6) is 0 Å². The summed E-state index contributed by atoms with van der Waals surface area (Å²) in [6, 6.07) is 13.1. The number of piperidine rings is 1. The highest BCUT2D eigenvalue weighted by Gasteiger charge is 2.27. The Bertz CT molecular complexity index is 1120. The van der Waals surface area contributed by atoms with Crippen molar-refractivity contribution in [2.75, 3.05) is 30.3 Å². The van der Waals surface area contributed by atoms with E-state index >= 15 is 0 Å². The van der Waals surface area contributed by atoms with E-state index in [2.05, 4.69) is 15.4 Å². The summed E-state index contributed by atoms with van der Waals surface area (Å²) in [5, 5.41) is 17.7. The maximum absolute atomic E-state index is 12.6. The molecule has 1 aliphatic rings. The highest BCUT2D eigenvalue weighted by atomic mass is 32.2. The fraction of sp³-hybridized carbons (Fsp3) is 0.435. The second-order valence-electron chi connectivity index (χ2n) is 9.40. The zero-order chi connectivity index (χ0) is 24.9. The van der Waals surface area contributed by atoms with Gasteiger partial charge in [0, 0.05) is 36.4 Å². The van der Waals surface area contributed by atoms with Crippen LogP contribution < -0.4 is 15.4 Å². The van der Waals surface area contributed by atoms with E-state index in [4.69, 9.17) is 0 Å². The van der Waals surface area contributed by atoms with Crippen molar-refractivity contribution in [3.05, 3.63) is 58.6 Å². The number of nitro benzene ring substituents is 1. The van der Waals surface area contributed by atoms with Crippen molar-refractivity contribution < 1.29 is 18.1 Å². The molecule has 184 valence electrons. The van der Waals surface area contributed by atoms with Gasteiger partial charge in [-0.1, -0.05) is 18.2 Å². The van der Waals surface area contributed by atoms with Crippen molar-refractivity contribution in [1.82, 2.24) is 9.62 Å². The maximum Gasteiger partial charge on any atom is 0.293 e. The first kappa shape index (κ1) is 25.6.